The van der Waals surface area contributed by atoms with Gasteiger partial charge in [0.05, 0.1) is 6.54 Å². The van der Waals surface area contributed by atoms with E-state index in [-0.39, 0.29) is 18.0 Å². The second-order valence-corrected chi connectivity index (χ2v) is 10.4. The third-order valence-corrected chi connectivity index (χ3v) is 6.22. The van der Waals surface area contributed by atoms with Gasteiger partial charge in [0, 0.05) is 48.9 Å². The largest absolute Gasteiger partial charge is 0.444 e. The number of hydrogen-bond donors (Lipinski definition) is 3. The fourth-order valence-corrected chi connectivity index (χ4v) is 4.27. The maximum absolute atomic E-state index is 12.4. The lowest BCUT2D eigenvalue weighted by Crippen LogP contribution is -2.40. The molecule has 9 nitrogen and oxygen atoms in total. The molecule has 35 heavy (non-hydrogen) atoms. The van der Waals surface area contributed by atoms with E-state index < -0.39 is 5.60 Å². The molecular formula is C25H35N5O4S. The van der Waals surface area contributed by atoms with Gasteiger partial charge in [-0.15, -0.1) is 11.3 Å². The van der Waals surface area contributed by atoms with Crippen LogP contribution in [0, 0.1) is 0 Å². The summed E-state index contributed by atoms with van der Waals surface area (Å²) in [5.41, 5.74) is 0.529. The van der Waals surface area contributed by atoms with E-state index in [1.807, 2.05) is 38.3 Å². The van der Waals surface area contributed by atoms with Gasteiger partial charge in [0.2, 0.25) is 0 Å². The van der Waals surface area contributed by atoms with Crippen LogP contribution in [0.1, 0.15) is 42.4 Å². The van der Waals surface area contributed by atoms with Crippen LogP contribution in [-0.2, 0) is 11.3 Å². The Bertz CT molecular complexity index is 990. The molecular weight excluding hydrogens is 466 g/mol. The molecule has 4 amide bonds. The lowest BCUT2D eigenvalue weighted by atomic mass is 10.2. The Hall–Kier alpha value is -3.11. The number of ether oxygens (including phenoxy) is 1. The molecule has 1 aliphatic rings. The number of anilines is 1. The fourth-order valence-electron chi connectivity index (χ4n) is 3.63. The monoisotopic (exact) mass is 501 g/mol. The minimum atomic E-state index is -0.506. The molecule has 1 saturated heterocycles. The van der Waals surface area contributed by atoms with Crippen LogP contribution in [0.3, 0.4) is 0 Å². The molecule has 1 fully saturated rings. The summed E-state index contributed by atoms with van der Waals surface area (Å²) >= 11 is 1.59. The Kier molecular flexibility index (Phi) is 9.50. The quantitative estimate of drug-likeness (QED) is 0.536. The molecule has 190 valence electrons. The lowest BCUT2D eigenvalue weighted by molar-refractivity contribution is 0.0257. The van der Waals surface area contributed by atoms with Crippen molar-refractivity contribution in [3.05, 3.63) is 52.2 Å². The molecule has 0 aliphatic carbocycles. The van der Waals surface area contributed by atoms with Gasteiger partial charge < -0.3 is 25.6 Å². The first-order valence-electron chi connectivity index (χ1n) is 11.9. The van der Waals surface area contributed by atoms with Crippen LogP contribution in [0.2, 0.25) is 0 Å². The molecule has 0 saturated carbocycles. The van der Waals surface area contributed by atoms with E-state index >= 15 is 0 Å². The molecule has 10 heteroatoms. The van der Waals surface area contributed by atoms with Crippen LogP contribution in [0.4, 0.5) is 15.3 Å². The van der Waals surface area contributed by atoms with Crippen LogP contribution in [0.15, 0.2) is 41.8 Å². The van der Waals surface area contributed by atoms with Crippen molar-refractivity contribution in [1.29, 1.82) is 0 Å². The third-order valence-electron chi connectivity index (χ3n) is 5.34. The molecule has 2 aromatic rings. The Morgan fingerprint density at radius 2 is 1.86 bits per heavy atom. The highest BCUT2D eigenvalue weighted by molar-refractivity contribution is 7.09. The Morgan fingerprint density at radius 1 is 1.03 bits per heavy atom. The number of carbonyl (C=O) groups is 3. The molecule has 1 aromatic carbocycles. The minimum absolute atomic E-state index is 0.191. The normalized spacial score (nSPS) is 14.7. The van der Waals surface area contributed by atoms with E-state index in [2.05, 4.69) is 20.9 Å². The van der Waals surface area contributed by atoms with Crippen LogP contribution in [-0.4, -0.2) is 72.7 Å². The molecule has 0 bridgehead atoms. The number of thiophene rings is 1. The molecule has 0 unspecified atom stereocenters. The molecule has 3 N–H and O–H groups in total. The van der Waals surface area contributed by atoms with Crippen molar-refractivity contribution in [2.75, 3.05) is 44.6 Å². The second kappa shape index (κ2) is 12.6. The maximum atomic E-state index is 12.4. The summed E-state index contributed by atoms with van der Waals surface area (Å²) < 4.78 is 5.47. The highest BCUT2D eigenvalue weighted by Crippen LogP contribution is 2.13. The maximum Gasteiger partial charge on any atom is 0.410 e. The topological polar surface area (TPSA) is 103 Å². The predicted molar refractivity (Wildman–Crippen MR) is 138 cm³/mol. The average Bonchev–Trinajstić information content (AvgIpc) is 3.21. The number of nitrogens with one attached hydrogen (secondary N) is 3. The van der Waals surface area contributed by atoms with E-state index in [0.29, 0.717) is 44.0 Å². The van der Waals surface area contributed by atoms with E-state index in [4.69, 9.17) is 4.74 Å². The molecule has 0 atom stereocenters. The summed E-state index contributed by atoms with van der Waals surface area (Å²) in [6.07, 6.45) is 0.576. The SMILES string of the molecule is CC(C)(C)OC(=O)N1CCCN(CCNC(=O)Nc2cccc(C(=O)NCc3cccs3)c2)CC1. The van der Waals surface area contributed by atoms with Crippen molar-refractivity contribution >= 4 is 35.1 Å². The van der Waals surface area contributed by atoms with E-state index in [0.717, 1.165) is 24.4 Å². The summed E-state index contributed by atoms with van der Waals surface area (Å²) in [5, 5.41) is 10.5. The summed E-state index contributed by atoms with van der Waals surface area (Å²) in [4.78, 5) is 42.1. The number of benzene rings is 1. The first-order valence-corrected chi connectivity index (χ1v) is 12.7. The van der Waals surface area contributed by atoms with E-state index in [1.54, 1.807) is 40.5 Å². The highest BCUT2D eigenvalue weighted by atomic mass is 32.1. The second-order valence-electron chi connectivity index (χ2n) is 9.39. The summed E-state index contributed by atoms with van der Waals surface area (Å²) in [5.74, 6) is -0.191. The fraction of sp³-hybridized carbons (Fsp3) is 0.480. The first kappa shape index (κ1) is 26.5. The molecule has 2 heterocycles. The van der Waals surface area contributed by atoms with Gasteiger partial charge in [-0.1, -0.05) is 12.1 Å². The van der Waals surface area contributed by atoms with Crippen LogP contribution >= 0.6 is 11.3 Å². The molecule has 1 aromatic heterocycles. The van der Waals surface area contributed by atoms with Crippen LogP contribution in [0.25, 0.3) is 0 Å². The van der Waals surface area contributed by atoms with Gasteiger partial charge in [-0.05, 0) is 63.4 Å². The molecule has 0 radical (unpaired) electrons. The Morgan fingerprint density at radius 3 is 2.60 bits per heavy atom. The van der Waals surface area contributed by atoms with Crippen molar-refractivity contribution in [1.82, 2.24) is 20.4 Å². The Labute approximate surface area is 210 Å². The van der Waals surface area contributed by atoms with Gasteiger partial charge >= 0.3 is 12.1 Å². The number of urea groups is 1. The van der Waals surface area contributed by atoms with Crippen molar-refractivity contribution in [2.45, 2.75) is 39.3 Å². The highest BCUT2D eigenvalue weighted by Gasteiger charge is 2.24. The number of hydrogen-bond acceptors (Lipinski definition) is 6. The Balaban J connectivity index is 1.38. The minimum Gasteiger partial charge on any atom is -0.444 e. The summed E-state index contributed by atoms with van der Waals surface area (Å²) in [7, 11) is 0. The van der Waals surface area contributed by atoms with Crippen LogP contribution < -0.4 is 16.0 Å². The number of nitrogens with zero attached hydrogens (tertiary/aromatic N) is 2. The average molecular weight is 502 g/mol. The summed E-state index contributed by atoms with van der Waals surface area (Å²) in [6, 6.07) is 10.4. The van der Waals surface area contributed by atoms with Gasteiger partial charge in [-0.3, -0.25) is 9.69 Å². The predicted octanol–water partition coefficient (Wildman–Crippen LogP) is 3.74. The van der Waals surface area contributed by atoms with Gasteiger partial charge in [0.15, 0.2) is 0 Å². The van der Waals surface area contributed by atoms with Crippen molar-refractivity contribution in [3.8, 4) is 0 Å². The number of amides is 4. The van der Waals surface area contributed by atoms with Crippen molar-refractivity contribution < 1.29 is 19.1 Å². The first-order chi connectivity index (χ1) is 16.7. The zero-order chi connectivity index (χ0) is 25.3. The van der Waals surface area contributed by atoms with Gasteiger partial charge in [-0.2, -0.15) is 0 Å². The van der Waals surface area contributed by atoms with Crippen molar-refractivity contribution in [3.63, 3.8) is 0 Å². The van der Waals surface area contributed by atoms with Gasteiger partial charge in [0.25, 0.3) is 5.91 Å². The lowest BCUT2D eigenvalue weighted by Gasteiger charge is -2.26. The zero-order valence-corrected chi connectivity index (χ0v) is 21.5. The smallest absolute Gasteiger partial charge is 0.410 e. The van der Waals surface area contributed by atoms with E-state index in [9.17, 15) is 14.4 Å². The number of rotatable bonds is 7. The third kappa shape index (κ3) is 9.22. The molecule has 3 rings (SSSR count). The summed E-state index contributed by atoms with van der Waals surface area (Å²) in [6.45, 7) is 10.1. The standard InChI is InChI=1S/C25H35N5O4S/c1-25(2,3)34-24(33)30-12-6-11-29(14-15-30)13-10-26-23(32)28-20-8-4-7-19(17-20)22(31)27-18-21-9-5-16-35-21/h4-5,7-9,16-17H,6,10-15,18H2,1-3H3,(H,27,31)(H2,26,28,32). The van der Waals surface area contributed by atoms with Gasteiger partial charge in [-0.25, -0.2) is 9.59 Å². The zero-order valence-electron chi connectivity index (χ0n) is 20.6. The van der Waals surface area contributed by atoms with Crippen LogP contribution in [0.5, 0.6) is 0 Å². The van der Waals surface area contributed by atoms with Gasteiger partial charge in [0.1, 0.15) is 5.60 Å². The molecule has 1 aliphatic heterocycles. The van der Waals surface area contributed by atoms with E-state index in [1.165, 1.54) is 0 Å². The van der Waals surface area contributed by atoms with Crippen molar-refractivity contribution in [2.24, 2.45) is 0 Å². The molecule has 0 spiro atoms. The number of carbonyl (C=O) groups excluding carboxylic acids is 3.